The van der Waals surface area contributed by atoms with Crippen molar-refractivity contribution < 1.29 is 18.3 Å². The number of halogens is 6. The van der Waals surface area contributed by atoms with Gasteiger partial charge in [-0.25, -0.2) is 9.97 Å². The zero-order chi connectivity index (χ0) is 17.6. The lowest BCUT2D eigenvalue weighted by Gasteiger charge is -2.07. The maximum Gasteiger partial charge on any atom is 0.433 e. The summed E-state index contributed by atoms with van der Waals surface area (Å²) in [6.45, 7) is 1.60. The molecule has 3 nitrogen and oxygen atoms in total. The van der Waals surface area contributed by atoms with Gasteiger partial charge in [-0.3, -0.25) is 0 Å². The molecule has 0 bridgehead atoms. The average molecular weight is 479 g/mol. The summed E-state index contributed by atoms with van der Waals surface area (Å²) in [5.74, 6) is 0. The second-order valence-electron chi connectivity index (χ2n) is 4.31. The van der Waals surface area contributed by atoms with Gasteiger partial charge in [0.2, 0.25) is 0 Å². The van der Waals surface area contributed by atoms with Gasteiger partial charge in [0.05, 0.1) is 6.61 Å². The highest BCUT2D eigenvalue weighted by Gasteiger charge is 2.33. The van der Waals surface area contributed by atoms with Gasteiger partial charge in [-0.2, -0.15) is 13.2 Å². The first-order chi connectivity index (χ1) is 10.7. The predicted molar refractivity (Wildman–Crippen MR) is 91.5 cm³/mol. The number of aryl methyl sites for hydroxylation is 1. The fourth-order valence-electron chi connectivity index (χ4n) is 1.50. The van der Waals surface area contributed by atoms with Gasteiger partial charge in [0.15, 0.2) is 0 Å². The van der Waals surface area contributed by atoms with Crippen molar-refractivity contribution in [2.45, 2.75) is 26.1 Å². The molecule has 2 heterocycles. The van der Waals surface area contributed by atoms with E-state index in [-0.39, 0.29) is 10.7 Å². The SMILES string of the molecule is CCc1cc(Cl)nc(I)c1.OCc1cc(Cl)nc(C(F)(F)F)c1. The summed E-state index contributed by atoms with van der Waals surface area (Å²) in [5.41, 5.74) is 0.237. The molecule has 9 heteroatoms. The minimum atomic E-state index is -4.53. The molecule has 0 radical (unpaired) electrons. The lowest BCUT2D eigenvalue weighted by Crippen LogP contribution is -2.08. The van der Waals surface area contributed by atoms with E-state index in [1.165, 1.54) is 11.6 Å². The smallest absolute Gasteiger partial charge is 0.392 e. The van der Waals surface area contributed by atoms with Gasteiger partial charge >= 0.3 is 6.18 Å². The number of hydrogen-bond acceptors (Lipinski definition) is 3. The van der Waals surface area contributed by atoms with Crippen molar-refractivity contribution in [3.05, 3.63) is 55.1 Å². The van der Waals surface area contributed by atoms with Gasteiger partial charge in [-0.1, -0.05) is 30.1 Å². The lowest BCUT2D eigenvalue weighted by molar-refractivity contribution is -0.141. The summed E-state index contributed by atoms with van der Waals surface area (Å²) in [6.07, 6.45) is -3.52. The Kier molecular flexibility index (Phi) is 7.99. The van der Waals surface area contributed by atoms with Crippen molar-refractivity contribution in [3.63, 3.8) is 0 Å². The third kappa shape index (κ3) is 7.19. The van der Waals surface area contributed by atoms with Gasteiger partial charge in [-0.05, 0) is 64.4 Å². The van der Waals surface area contributed by atoms with Gasteiger partial charge in [0.1, 0.15) is 19.7 Å². The van der Waals surface area contributed by atoms with Gasteiger partial charge < -0.3 is 5.11 Å². The summed E-state index contributed by atoms with van der Waals surface area (Å²) in [4.78, 5) is 7.12. The van der Waals surface area contributed by atoms with Gasteiger partial charge in [0.25, 0.3) is 0 Å². The number of aliphatic hydroxyl groups excluding tert-OH is 1. The number of nitrogens with zero attached hydrogens (tertiary/aromatic N) is 2. The Bertz CT molecular complexity index is 649. The van der Waals surface area contributed by atoms with E-state index in [0.717, 1.165) is 16.2 Å². The van der Waals surface area contributed by atoms with Crippen molar-refractivity contribution >= 4 is 45.8 Å². The van der Waals surface area contributed by atoms with E-state index in [9.17, 15) is 13.2 Å². The third-order valence-corrected chi connectivity index (χ3v) is 3.50. The molecule has 0 aliphatic rings. The molecule has 0 aliphatic heterocycles. The highest BCUT2D eigenvalue weighted by Crippen LogP contribution is 2.29. The van der Waals surface area contributed by atoms with E-state index in [2.05, 4.69) is 39.5 Å². The van der Waals surface area contributed by atoms with E-state index >= 15 is 0 Å². The predicted octanol–water partition coefficient (Wildman–Crippen LogP) is 5.15. The van der Waals surface area contributed by atoms with E-state index < -0.39 is 18.5 Å². The van der Waals surface area contributed by atoms with Gasteiger partial charge in [-0.15, -0.1) is 0 Å². The molecule has 126 valence electrons. The molecule has 0 aliphatic carbocycles. The Hall–Kier alpha value is -0.640. The summed E-state index contributed by atoms with van der Waals surface area (Å²) in [7, 11) is 0. The molecule has 0 atom stereocenters. The molecule has 0 unspecified atom stereocenters. The Morgan fingerprint density at radius 2 is 1.61 bits per heavy atom. The molecule has 0 saturated carbocycles. The third-order valence-electron chi connectivity index (χ3n) is 2.56. The molecule has 2 aromatic rings. The minimum absolute atomic E-state index is 0.0901. The van der Waals surface area contributed by atoms with Crippen LogP contribution in [0.5, 0.6) is 0 Å². The second kappa shape index (κ2) is 9.00. The van der Waals surface area contributed by atoms with Crippen LogP contribution in [0.4, 0.5) is 13.2 Å². The molecule has 23 heavy (non-hydrogen) atoms. The molecule has 1 N–H and O–H groups in total. The quantitative estimate of drug-likeness (QED) is 0.479. The molecule has 0 amide bonds. The van der Waals surface area contributed by atoms with Crippen molar-refractivity contribution in [2.75, 3.05) is 0 Å². The maximum atomic E-state index is 12.1. The highest BCUT2D eigenvalue weighted by molar-refractivity contribution is 14.1. The molecule has 0 fully saturated rings. The molecule has 0 spiro atoms. The first kappa shape index (κ1) is 20.4. The van der Waals surface area contributed by atoms with Crippen molar-refractivity contribution in [3.8, 4) is 0 Å². The van der Waals surface area contributed by atoms with Crippen LogP contribution >= 0.6 is 45.8 Å². The Morgan fingerprint density at radius 1 is 1.04 bits per heavy atom. The second-order valence-corrected chi connectivity index (χ2v) is 6.19. The number of rotatable bonds is 2. The van der Waals surface area contributed by atoms with Gasteiger partial charge in [0, 0.05) is 0 Å². The van der Waals surface area contributed by atoms with Crippen LogP contribution in [-0.4, -0.2) is 15.1 Å². The lowest BCUT2D eigenvalue weighted by atomic mass is 10.2. The number of alkyl halides is 3. The summed E-state index contributed by atoms with van der Waals surface area (Å²) in [5, 5.41) is 8.91. The Labute approximate surface area is 155 Å². The van der Waals surface area contributed by atoms with Crippen molar-refractivity contribution in [2.24, 2.45) is 0 Å². The van der Waals surface area contributed by atoms with Crippen LogP contribution < -0.4 is 0 Å². The van der Waals surface area contributed by atoms with Crippen LogP contribution in [0.2, 0.25) is 10.3 Å². The minimum Gasteiger partial charge on any atom is -0.392 e. The van der Waals surface area contributed by atoms with Crippen molar-refractivity contribution in [1.29, 1.82) is 0 Å². The standard InChI is InChI=1S/C7H5ClF3NO.C7H7ClIN/c8-6-2-4(3-13)1-5(12-6)7(9,10)11;1-2-5-3-6(8)10-7(9)4-5/h1-2,13H,3H2;3-4H,2H2,1H3. The summed E-state index contributed by atoms with van der Waals surface area (Å²) >= 11 is 13.2. The number of aliphatic hydroxyl groups is 1. The van der Waals surface area contributed by atoms with Crippen LogP contribution in [-0.2, 0) is 19.2 Å². The number of pyridine rings is 2. The Balaban J connectivity index is 0.000000238. The van der Waals surface area contributed by atoms with Crippen LogP contribution in [0.15, 0.2) is 24.3 Å². The topological polar surface area (TPSA) is 46.0 Å². The Morgan fingerprint density at radius 3 is 2.09 bits per heavy atom. The van der Waals surface area contributed by atoms with Crippen LogP contribution in [0, 0.1) is 3.70 Å². The van der Waals surface area contributed by atoms with E-state index in [4.69, 9.17) is 28.3 Å². The first-order valence-electron chi connectivity index (χ1n) is 6.32. The van der Waals surface area contributed by atoms with Crippen LogP contribution in [0.1, 0.15) is 23.7 Å². The molecule has 2 rings (SSSR count). The monoisotopic (exact) mass is 478 g/mol. The van der Waals surface area contributed by atoms with E-state index in [1.54, 1.807) is 0 Å². The largest absolute Gasteiger partial charge is 0.433 e. The van der Waals surface area contributed by atoms with E-state index in [1.807, 2.05) is 12.1 Å². The molecular weight excluding hydrogens is 467 g/mol. The zero-order valence-electron chi connectivity index (χ0n) is 11.8. The molecular formula is C14H12Cl2F3IN2O. The summed E-state index contributed by atoms with van der Waals surface area (Å²) < 4.78 is 37.2. The normalized spacial score (nSPS) is 11.0. The van der Waals surface area contributed by atoms with Crippen molar-refractivity contribution in [1.82, 2.24) is 9.97 Å². The average Bonchev–Trinajstić information content (AvgIpc) is 2.45. The van der Waals surface area contributed by atoms with E-state index in [0.29, 0.717) is 5.15 Å². The number of hydrogen-bond donors (Lipinski definition) is 1. The fraction of sp³-hybridized carbons (Fsp3) is 0.286. The molecule has 0 saturated heterocycles. The summed E-state index contributed by atoms with van der Waals surface area (Å²) in [6, 6.07) is 5.86. The fourth-order valence-corrected chi connectivity index (χ4v) is 2.77. The van der Waals surface area contributed by atoms with Crippen LogP contribution in [0.25, 0.3) is 0 Å². The van der Waals surface area contributed by atoms with Crippen LogP contribution in [0.3, 0.4) is 0 Å². The first-order valence-corrected chi connectivity index (χ1v) is 8.15. The zero-order valence-corrected chi connectivity index (χ0v) is 15.5. The number of aromatic nitrogens is 2. The molecule has 0 aromatic carbocycles. The highest BCUT2D eigenvalue weighted by atomic mass is 127. The maximum absolute atomic E-state index is 12.1. The molecule has 2 aromatic heterocycles.